The number of aromatic nitrogens is 1. The fraction of sp³-hybridized carbons (Fsp3) is 0.579. The number of fused-ring (bicyclic) bond motifs is 1. The van der Waals surface area contributed by atoms with E-state index < -0.39 is 30.7 Å². The van der Waals surface area contributed by atoms with Gasteiger partial charge in [-0.05, 0) is 44.6 Å². The van der Waals surface area contributed by atoms with Crippen molar-refractivity contribution in [1.29, 1.82) is 0 Å². The van der Waals surface area contributed by atoms with Crippen LogP contribution >= 0.6 is 0 Å². The first-order valence-corrected chi connectivity index (χ1v) is 9.05. The Labute approximate surface area is 153 Å². The second kappa shape index (κ2) is 7.94. The molecular formula is C19H28N2O5. The summed E-state index contributed by atoms with van der Waals surface area (Å²) in [6, 6.07) is 5.65. The molecule has 5 atom stereocenters. The van der Waals surface area contributed by atoms with Crippen molar-refractivity contribution in [3.8, 4) is 5.75 Å². The Kier molecular flexibility index (Phi) is 5.84. The van der Waals surface area contributed by atoms with Gasteiger partial charge in [0.2, 0.25) is 6.29 Å². The zero-order valence-electron chi connectivity index (χ0n) is 15.4. The summed E-state index contributed by atoms with van der Waals surface area (Å²) in [5.41, 5.74) is 2.18. The molecule has 1 aromatic carbocycles. The highest BCUT2D eigenvalue weighted by molar-refractivity contribution is 5.84. The third kappa shape index (κ3) is 3.87. The Bertz CT molecular complexity index is 734. The van der Waals surface area contributed by atoms with Gasteiger partial charge in [0.15, 0.2) is 0 Å². The molecule has 5 unspecified atom stereocenters. The van der Waals surface area contributed by atoms with Crippen LogP contribution < -0.4 is 4.74 Å². The Hall–Kier alpha value is -1.64. The number of benzene rings is 1. The number of ether oxygens (including phenoxy) is 2. The zero-order valence-corrected chi connectivity index (χ0v) is 15.4. The first-order valence-electron chi connectivity index (χ1n) is 9.05. The summed E-state index contributed by atoms with van der Waals surface area (Å²) in [6.07, 6.45) is -2.47. The van der Waals surface area contributed by atoms with Gasteiger partial charge in [0.25, 0.3) is 0 Å². The van der Waals surface area contributed by atoms with Crippen LogP contribution in [-0.2, 0) is 11.2 Å². The quantitative estimate of drug-likeness (QED) is 0.607. The number of aromatic amines is 1. The third-order valence-corrected chi connectivity index (χ3v) is 5.10. The Morgan fingerprint density at radius 1 is 1.19 bits per heavy atom. The number of H-pyrrole nitrogens is 1. The van der Waals surface area contributed by atoms with Crippen molar-refractivity contribution in [2.75, 3.05) is 20.1 Å². The molecule has 7 heteroatoms. The number of aliphatic hydroxyl groups is 3. The maximum absolute atomic E-state index is 10.1. The molecule has 0 spiro atoms. The van der Waals surface area contributed by atoms with Gasteiger partial charge >= 0.3 is 0 Å². The van der Waals surface area contributed by atoms with E-state index in [-0.39, 0.29) is 0 Å². The lowest BCUT2D eigenvalue weighted by Crippen LogP contribution is -2.58. The summed E-state index contributed by atoms with van der Waals surface area (Å²) in [5.74, 6) is 0.524. The second-order valence-corrected chi connectivity index (χ2v) is 6.97. The zero-order chi connectivity index (χ0) is 18.8. The fourth-order valence-corrected chi connectivity index (χ4v) is 3.16. The maximum Gasteiger partial charge on any atom is 0.229 e. The number of hydrogen-bond acceptors (Lipinski definition) is 6. The summed E-state index contributed by atoms with van der Waals surface area (Å²) in [7, 11) is 2.10. The third-order valence-electron chi connectivity index (χ3n) is 5.10. The summed E-state index contributed by atoms with van der Waals surface area (Å²) < 4.78 is 11.2. The van der Waals surface area contributed by atoms with Crippen LogP contribution in [-0.4, -0.2) is 76.0 Å². The summed E-state index contributed by atoms with van der Waals surface area (Å²) in [5, 5.41) is 30.9. The van der Waals surface area contributed by atoms with Crippen molar-refractivity contribution in [2.45, 2.75) is 51.0 Å². The van der Waals surface area contributed by atoms with Crippen LogP contribution in [0.15, 0.2) is 24.4 Å². The van der Waals surface area contributed by atoms with Gasteiger partial charge in [0.1, 0.15) is 24.1 Å². The molecule has 0 aliphatic carbocycles. The number of rotatable bonds is 6. The summed E-state index contributed by atoms with van der Waals surface area (Å²) in [4.78, 5) is 5.52. The van der Waals surface area contributed by atoms with E-state index in [1.807, 2.05) is 24.4 Å². The van der Waals surface area contributed by atoms with Gasteiger partial charge in [-0.25, -0.2) is 0 Å². The van der Waals surface area contributed by atoms with Gasteiger partial charge in [-0.1, -0.05) is 6.92 Å². The number of likely N-dealkylation sites (N-methyl/N-ethyl adjacent to an activating group) is 1. The van der Waals surface area contributed by atoms with E-state index >= 15 is 0 Å². The largest absolute Gasteiger partial charge is 0.462 e. The predicted molar refractivity (Wildman–Crippen MR) is 98.2 cm³/mol. The molecule has 4 N–H and O–H groups in total. The average Bonchev–Trinajstić information content (AvgIpc) is 3.04. The van der Waals surface area contributed by atoms with Crippen molar-refractivity contribution in [1.82, 2.24) is 9.88 Å². The molecule has 1 aliphatic rings. The molecule has 0 saturated carbocycles. The van der Waals surface area contributed by atoms with Crippen molar-refractivity contribution in [3.05, 3.63) is 30.0 Å². The number of aliphatic hydroxyl groups excluding tert-OH is 3. The van der Waals surface area contributed by atoms with Gasteiger partial charge in [0.05, 0.1) is 6.10 Å². The summed E-state index contributed by atoms with van der Waals surface area (Å²) in [6.45, 7) is 5.77. The summed E-state index contributed by atoms with van der Waals surface area (Å²) >= 11 is 0. The molecule has 0 amide bonds. The van der Waals surface area contributed by atoms with Crippen LogP contribution in [0.5, 0.6) is 5.75 Å². The van der Waals surface area contributed by atoms with Crippen LogP contribution in [0.2, 0.25) is 0 Å². The minimum Gasteiger partial charge on any atom is -0.462 e. The van der Waals surface area contributed by atoms with Crippen LogP contribution in [0.3, 0.4) is 0 Å². The molecule has 1 aliphatic heterocycles. The normalized spacial score (nSPS) is 29.4. The smallest absolute Gasteiger partial charge is 0.229 e. The minimum atomic E-state index is -1.32. The van der Waals surface area contributed by atoms with Gasteiger partial charge < -0.3 is 34.7 Å². The molecule has 0 radical (unpaired) electrons. The van der Waals surface area contributed by atoms with Crippen LogP contribution in [0, 0.1) is 0 Å². The molecule has 1 aromatic heterocycles. The molecular weight excluding hydrogens is 336 g/mol. The Morgan fingerprint density at radius 2 is 1.96 bits per heavy atom. The average molecular weight is 364 g/mol. The van der Waals surface area contributed by atoms with E-state index in [1.54, 1.807) is 6.92 Å². The molecule has 7 nitrogen and oxygen atoms in total. The maximum atomic E-state index is 10.1. The van der Waals surface area contributed by atoms with Crippen molar-refractivity contribution >= 4 is 10.9 Å². The molecule has 0 bridgehead atoms. The lowest BCUT2D eigenvalue weighted by molar-refractivity contribution is -0.268. The van der Waals surface area contributed by atoms with Gasteiger partial charge in [-0.3, -0.25) is 0 Å². The van der Waals surface area contributed by atoms with E-state index in [1.165, 1.54) is 5.56 Å². The van der Waals surface area contributed by atoms with E-state index in [0.717, 1.165) is 30.4 Å². The molecule has 2 heterocycles. The van der Waals surface area contributed by atoms with Crippen LogP contribution in [0.25, 0.3) is 10.9 Å². The molecule has 26 heavy (non-hydrogen) atoms. The van der Waals surface area contributed by atoms with E-state index in [2.05, 4.69) is 23.9 Å². The SMILES string of the molecule is CCN(C)CCc1c[nH]c2cc(OC3OC(C)C(O)C(O)C3O)ccc12. The van der Waals surface area contributed by atoms with Crippen molar-refractivity contribution in [3.63, 3.8) is 0 Å². The van der Waals surface area contributed by atoms with Crippen molar-refractivity contribution in [2.24, 2.45) is 0 Å². The van der Waals surface area contributed by atoms with Gasteiger partial charge in [0, 0.05) is 29.7 Å². The van der Waals surface area contributed by atoms with E-state index in [9.17, 15) is 15.3 Å². The van der Waals surface area contributed by atoms with Crippen molar-refractivity contribution < 1.29 is 24.8 Å². The standard InChI is InChI=1S/C19H28N2O5/c1-4-21(3)8-7-12-10-20-15-9-13(5-6-14(12)15)26-19-18(24)17(23)16(22)11(2)25-19/h5-6,9-11,16-20,22-24H,4,7-8H2,1-3H3. The first kappa shape index (κ1) is 19.1. The molecule has 1 fully saturated rings. The highest BCUT2D eigenvalue weighted by Crippen LogP contribution is 2.28. The highest BCUT2D eigenvalue weighted by atomic mass is 16.7. The number of nitrogens with zero attached hydrogens (tertiary/aromatic N) is 1. The fourth-order valence-electron chi connectivity index (χ4n) is 3.16. The lowest BCUT2D eigenvalue weighted by Gasteiger charge is -2.38. The van der Waals surface area contributed by atoms with E-state index in [4.69, 9.17) is 9.47 Å². The molecule has 3 rings (SSSR count). The van der Waals surface area contributed by atoms with Crippen LogP contribution in [0.4, 0.5) is 0 Å². The highest BCUT2D eigenvalue weighted by Gasteiger charge is 2.43. The number of nitrogens with one attached hydrogen (secondary N) is 1. The molecule has 1 saturated heterocycles. The Balaban J connectivity index is 1.72. The topological polar surface area (TPSA) is 98.2 Å². The monoisotopic (exact) mass is 364 g/mol. The lowest BCUT2D eigenvalue weighted by atomic mass is 10.00. The Morgan fingerprint density at radius 3 is 2.69 bits per heavy atom. The van der Waals surface area contributed by atoms with Gasteiger partial charge in [-0.2, -0.15) is 0 Å². The first-order chi connectivity index (χ1) is 12.4. The van der Waals surface area contributed by atoms with Crippen LogP contribution in [0.1, 0.15) is 19.4 Å². The minimum absolute atomic E-state index is 0.524. The van der Waals surface area contributed by atoms with Gasteiger partial charge in [-0.15, -0.1) is 0 Å². The molecule has 144 valence electrons. The predicted octanol–water partition coefficient (Wildman–Crippen LogP) is 0.868. The molecule has 2 aromatic rings. The van der Waals surface area contributed by atoms with E-state index in [0.29, 0.717) is 5.75 Å². The number of hydrogen-bond donors (Lipinski definition) is 4. The second-order valence-electron chi connectivity index (χ2n) is 6.97.